The topological polar surface area (TPSA) is 84.9 Å². The summed E-state index contributed by atoms with van der Waals surface area (Å²) in [6.07, 6.45) is 0.841. The second-order valence-electron chi connectivity index (χ2n) is 5.59. The summed E-state index contributed by atoms with van der Waals surface area (Å²) in [5.74, 6) is 1.64. The normalized spacial score (nSPS) is 21.6. The second kappa shape index (κ2) is 7.12. The molecule has 1 amide bonds. The molecule has 3 rings (SSSR count). The van der Waals surface area contributed by atoms with E-state index in [1.54, 1.807) is 0 Å². The van der Waals surface area contributed by atoms with Gasteiger partial charge in [0.15, 0.2) is 11.5 Å². The maximum atomic E-state index is 12.1. The van der Waals surface area contributed by atoms with Crippen molar-refractivity contribution in [3.63, 3.8) is 0 Å². The van der Waals surface area contributed by atoms with Crippen LogP contribution in [0, 0.1) is 5.92 Å². The minimum atomic E-state index is -0.831. The fourth-order valence-corrected chi connectivity index (χ4v) is 3.25. The first-order chi connectivity index (χ1) is 11.1. The molecule has 1 saturated carbocycles. The summed E-state index contributed by atoms with van der Waals surface area (Å²) >= 11 is 1.30. The van der Waals surface area contributed by atoms with Gasteiger partial charge >= 0.3 is 5.97 Å². The van der Waals surface area contributed by atoms with Crippen LogP contribution < -0.4 is 14.8 Å². The van der Waals surface area contributed by atoms with E-state index >= 15 is 0 Å². The van der Waals surface area contributed by atoms with E-state index in [1.807, 2.05) is 18.2 Å². The van der Waals surface area contributed by atoms with Crippen LogP contribution in [0.1, 0.15) is 17.9 Å². The molecule has 0 bridgehead atoms. The summed E-state index contributed by atoms with van der Waals surface area (Å²) in [5, 5.41) is 11.4. The van der Waals surface area contributed by atoms with Gasteiger partial charge in [-0.15, -0.1) is 11.8 Å². The molecule has 0 radical (unpaired) electrons. The van der Waals surface area contributed by atoms with E-state index in [9.17, 15) is 9.59 Å². The fraction of sp³-hybridized carbons (Fsp3) is 0.500. The van der Waals surface area contributed by atoms with Crippen LogP contribution in [0.5, 0.6) is 11.5 Å². The van der Waals surface area contributed by atoms with Crippen molar-refractivity contribution in [3.8, 4) is 11.5 Å². The van der Waals surface area contributed by atoms with Gasteiger partial charge in [0.1, 0.15) is 13.2 Å². The highest BCUT2D eigenvalue weighted by atomic mass is 32.2. The number of carboxylic acids is 1. The number of benzene rings is 1. The van der Waals surface area contributed by atoms with Gasteiger partial charge < -0.3 is 19.9 Å². The third kappa shape index (κ3) is 4.10. The zero-order valence-corrected chi connectivity index (χ0v) is 13.4. The fourth-order valence-electron chi connectivity index (χ4n) is 2.68. The van der Waals surface area contributed by atoms with Crippen molar-refractivity contribution in [2.24, 2.45) is 5.92 Å². The van der Waals surface area contributed by atoms with E-state index < -0.39 is 5.97 Å². The van der Waals surface area contributed by atoms with Crippen molar-refractivity contribution in [2.45, 2.75) is 12.3 Å². The highest BCUT2D eigenvalue weighted by molar-refractivity contribution is 7.99. The molecular weight excluding hydrogens is 318 g/mol. The predicted molar refractivity (Wildman–Crippen MR) is 86.3 cm³/mol. The third-order valence-electron chi connectivity index (χ3n) is 3.89. The maximum absolute atomic E-state index is 12.1. The van der Waals surface area contributed by atoms with Crippen molar-refractivity contribution in [3.05, 3.63) is 23.8 Å². The van der Waals surface area contributed by atoms with E-state index in [2.05, 4.69) is 5.32 Å². The zero-order chi connectivity index (χ0) is 16.2. The van der Waals surface area contributed by atoms with E-state index in [1.165, 1.54) is 11.8 Å². The molecule has 6 nitrogen and oxygen atoms in total. The number of amides is 1. The number of aliphatic carboxylic acids is 1. The van der Waals surface area contributed by atoms with Crippen LogP contribution in [0.15, 0.2) is 18.2 Å². The quantitative estimate of drug-likeness (QED) is 0.734. The summed E-state index contributed by atoms with van der Waals surface area (Å²) in [5.41, 5.74) is 1.11. The lowest BCUT2D eigenvalue weighted by atomic mass is 10.1. The zero-order valence-electron chi connectivity index (χ0n) is 12.6. The maximum Gasteiger partial charge on any atom is 0.313 e. The average molecular weight is 337 g/mol. The van der Waals surface area contributed by atoms with Gasteiger partial charge in [0.25, 0.3) is 0 Å². The SMILES string of the molecule is O=C(O)CSCCNC(=O)C1CC1c1ccc2c(c1)OCCO2. The number of carboxylic acid groups (broad SMARTS) is 1. The van der Waals surface area contributed by atoms with Crippen LogP contribution in [0.2, 0.25) is 0 Å². The first-order valence-electron chi connectivity index (χ1n) is 7.62. The van der Waals surface area contributed by atoms with Crippen molar-refractivity contribution >= 4 is 23.6 Å². The summed E-state index contributed by atoms with van der Waals surface area (Å²) in [6.45, 7) is 1.63. The lowest BCUT2D eigenvalue weighted by Crippen LogP contribution is -2.27. The molecule has 2 unspecified atom stereocenters. The Labute approximate surface area is 138 Å². The summed E-state index contributed by atoms with van der Waals surface area (Å²) in [7, 11) is 0. The molecular formula is C16H19NO5S. The van der Waals surface area contributed by atoms with Gasteiger partial charge in [-0.25, -0.2) is 0 Å². The Kier molecular flexibility index (Phi) is 4.95. The minimum absolute atomic E-state index is 0.00188. The molecule has 1 aromatic carbocycles. The number of hydrogen-bond acceptors (Lipinski definition) is 5. The molecule has 1 aliphatic heterocycles. The average Bonchev–Trinajstić information content (AvgIpc) is 3.34. The minimum Gasteiger partial charge on any atom is -0.486 e. The van der Waals surface area contributed by atoms with E-state index in [0.717, 1.165) is 23.5 Å². The number of carbonyl (C=O) groups excluding carboxylic acids is 1. The molecule has 2 aliphatic rings. The van der Waals surface area contributed by atoms with Gasteiger partial charge in [0.05, 0.1) is 5.75 Å². The molecule has 2 atom stereocenters. The lowest BCUT2D eigenvalue weighted by Gasteiger charge is -2.18. The molecule has 2 N–H and O–H groups in total. The van der Waals surface area contributed by atoms with E-state index in [0.29, 0.717) is 25.5 Å². The highest BCUT2D eigenvalue weighted by Gasteiger charge is 2.44. The first kappa shape index (κ1) is 16.0. The number of rotatable bonds is 7. The van der Waals surface area contributed by atoms with Crippen molar-refractivity contribution in [1.29, 1.82) is 0 Å². The Morgan fingerprint density at radius 2 is 2.04 bits per heavy atom. The molecule has 1 aromatic rings. The van der Waals surface area contributed by atoms with E-state index in [-0.39, 0.29) is 23.5 Å². The Morgan fingerprint density at radius 3 is 2.83 bits per heavy atom. The molecule has 0 spiro atoms. The molecule has 7 heteroatoms. The first-order valence-corrected chi connectivity index (χ1v) is 8.77. The Balaban J connectivity index is 1.45. The molecule has 23 heavy (non-hydrogen) atoms. The number of hydrogen-bond donors (Lipinski definition) is 2. The van der Waals surface area contributed by atoms with Gasteiger partial charge in [-0.1, -0.05) is 6.07 Å². The van der Waals surface area contributed by atoms with Gasteiger partial charge in [0, 0.05) is 18.2 Å². The van der Waals surface area contributed by atoms with Gasteiger partial charge in [-0.05, 0) is 30.0 Å². The number of carbonyl (C=O) groups is 2. The smallest absolute Gasteiger partial charge is 0.313 e. The Hall–Kier alpha value is -1.89. The standard InChI is InChI=1S/C16H19NO5S/c18-15(19)9-23-6-3-17-16(20)12-8-11(12)10-1-2-13-14(7-10)22-5-4-21-13/h1-2,7,11-12H,3-6,8-9H2,(H,17,20)(H,18,19). The monoisotopic (exact) mass is 337 g/mol. The summed E-state index contributed by atoms with van der Waals surface area (Å²) in [6, 6.07) is 5.86. The Bertz CT molecular complexity index is 606. The van der Waals surface area contributed by atoms with Crippen LogP contribution in [0.3, 0.4) is 0 Å². The van der Waals surface area contributed by atoms with Crippen LogP contribution in [-0.2, 0) is 9.59 Å². The van der Waals surface area contributed by atoms with Crippen LogP contribution in [0.25, 0.3) is 0 Å². The highest BCUT2D eigenvalue weighted by Crippen LogP contribution is 2.49. The van der Waals surface area contributed by atoms with E-state index in [4.69, 9.17) is 14.6 Å². The van der Waals surface area contributed by atoms with Crippen LogP contribution in [-0.4, -0.2) is 48.2 Å². The number of fused-ring (bicyclic) bond motifs is 1. The van der Waals surface area contributed by atoms with Crippen molar-refractivity contribution < 1.29 is 24.2 Å². The van der Waals surface area contributed by atoms with Gasteiger partial charge in [0.2, 0.25) is 5.91 Å². The third-order valence-corrected chi connectivity index (χ3v) is 4.84. The molecule has 1 aliphatic carbocycles. The number of nitrogens with one attached hydrogen (secondary N) is 1. The van der Waals surface area contributed by atoms with Crippen LogP contribution >= 0.6 is 11.8 Å². The van der Waals surface area contributed by atoms with Crippen molar-refractivity contribution in [1.82, 2.24) is 5.32 Å². The summed E-state index contributed by atoms with van der Waals surface area (Å²) < 4.78 is 11.1. The van der Waals surface area contributed by atoms with Gasteiger partial charge in [-0.2, -0.15) is 0 Å². The van der Waals surface area contributed by atoms with Crippen molar-refractivity contribution in [2.75, 3.05) is 31.3 Å². The largest absolute Gasteiger partial charge is 0.486 e. The molecule has 1 heterocycles. The lowest BCUT2D eigenvalue weighted by molar-refractivity contribution is -0.133. The van der Waals surface area contributed by atoms with Gasteiger partial charge in [-0.3, -0.25) is 9.59 Å². The molecule has 124 valence electrons. The Morgan fingerprint density at radius 1 is 1.26 bits per heavy atom. The molecule has 1 fully saturated rings. The molecule has 0 aromatic heterocycles. The predicted octanol–water partition coefficient (Wildman–Crippen LogP) is 1.50. The number of ether oxygens (including phenoxy) is 2. The number of thioether (sulfide) groups is 1. The summed E-state index contributed by atoms with van der Waals surface area (Å²) in [4.78, 5) is 22.5. The second-order valence-corrected chi connectivity index (χ2v) is 6.69. The van der Waals surface area contributed by atoms with Crippen LogP contribution in [0.4, 0.5) is 0 Å². The molecule has 0 saturated heterocycles.